The summed E-state index contributed by atoms with van der Waals surface area (Å²) in [4.78, 5) is 27.5. The van der Waals surface area contributed by atoms with Gasteiger partial charge >= 0.3 is 0 Å². The van der Waals surface area contributed by atoms with Gasteiger partial charge in [0.15, 0.2) is 6.10 Å². The SMILES string of the molecule is Cc1cccc(C(=O)N2CCCC2)c1NC(=O)C1Cc2ccccc2O1. The number of hydrogen-bond acceptors (Lipinski definition) is 3. The normalized spacial score (nSPS) is 18.3. The second-order valence-corrected chi connectivity index (χ2v) is 6.90. The van der Waals surface area contributed by atoms with E-state index in [4.69, 9.17) is 4.74 Å². The molecule has 5 heteroatoms. The summed E-state index contributed by atoms with van der Waals surface area (Å²) < 4.78 is 5.77. The Morgan fingerprint density at radius 3 is 2.62 bits per heavy atom. The molecule has 0 aliphatic carbocycles. The molecule has 1 atom stereocenters. The van der Waals surface area contributed by atoms with Gasteiger partial charge in [0.25, 0.3) is 11.8 Å². The van der Waals surface area contributed by atoms with E-state index in [1.807, 2.05) is 48.2 Å². The van der Waals surface area contributed by atoms with E-state index in [0.29, 0.717) is 17.7 Å². The Morgan fingerprint density at radius 1 is 1.08 bits per heavy atom. The summed E-state index contributed by atoms with van der Waals surface area (Å²) in [5.41, 5.74) is 3.05. The molecule has 0 aromatic heterocycles. The Balaban J connectivity index is 1.55. The van der Waals surface area contributed by atoms with Gasteiger partial charge in [-0.1, -0.05) is 30.3 Å². The summed E-state index contributed by atoms with van der Waals surface area (Å²) in [6.07, 6.45) is 2.05. The van der Waals surface area contributed by atoms with Crippen molar-refractivity contribution in [3.63, 3.8) is 0 Å². The third-order valence-electron chi connectivity index (χ3n) is 5.08. The molecule has 2 aliphatic heterocycles. The molecule has 1 N–H and O–H groups in total. The maximum Gasteiger partial charge on any atom is 0.265 e. The number of hydrogen-bond donors (Lipinski definition) is 1. The Kier molecular flexibility index (Phi) is 4.37. The molecule has 0 bridgehead atoms. The van der Waals surface area contributed by atoms with Gasteiger partial charge < -0.3 is 15.0 Å². The molecule has 1 fully saturated rings. The van der Waals surface area contributed by atoms with Crippen LogP contribution in [-0.2, 0) is 11.2 Å². The van der Waals surface area contributed by atoms with Gasteiger partial charge in [0, 0.05) is 19.5 Å². The molecule has 0 spiro atoms. The lowest BCUT2D eigenvalue weighted by Crippen LogP contribution is -2.33. The van der Waals surface area contributed by atoms with Gasteiger partial charge in [-0.2, -0.15) is 0 Å². The lowest BCUT2D eigenvalue weighted by atomic mass is 10.1. The van der Waals surface area contributed by atoms with E-state index in [1.165, 1.54) is 0 Å². The highest BCUT2D eigenvalue weighted by Crippen LogP contribution is 2.30. The lowest BCUT2D eigenvalue weighted by Gasteiger charge is -2.20. The van der Waals surface area contributed by atoms with E-state index in [2.05, 4.69) is 5.32 Å². The average Bonchev–Trinajstić information content (AvgIpc) is 3.32. The van der Waals surface area contributed by atoms with Gasteiger partial charge in [-0.05, 0) is 43.0 Å². The number of ether oxygens (including phenoxy) is 1. The van der Waals surface area contributed by atoms with E-state index in [0.717, 1.165) is 42.8 Å². The molecule has 4 rings (SSSR count). The number of benzene rings is 2. The van der Waals surface area contributed by atoms with Crippen molar-refractivity contribution in [1.29, 1.82) is 0 Å². The predicted molar refractivity (Wildman–Crippen MR) is 99.5 cm³/mol. The minimum absolute atomic E-state index is 0.0165. The predicted octanol–water partition coefficient (Wildman–Crippen LogP) is 3.17. The molecule has 26 heavy (non-hydrogen) atoms. The maximum atomic E-state index is 12.8. The van der Waals surface area contributed by atoms with E-state index in [1.54, 1.807) is 6.07 Å². The third kappa shape index (κ3) is 3.05. The largest absolute Gasteiger partial charge is 0.480 e. The van der Waals surface area contributed by atoms with Crippen molar-refractivity contribution < 1.29 is 14.3 Å². The Hall–Kier alpha value is -2.82. The van der Waals surface area contributed by atoms with E-state index in [-0.39, 0.29) is 11.8 Å². The zero-order valence-corrected chi connectivity index (χ0v) is 14.8. The number of nitrogens with one attached hydrogen (secondary N) is 1. The monoisotopic (exact) mass is 350 g/mol. The molecular weight excluding hydrogens is 328 g/mol. The van der Waals surface area contributed by atoms with Gasteiger partial charge in [0.1, 0.15) is 5.75 Å². The first-order valence-corrected chi connectivity index (χ1v) is 9.08. The summed E-state index contributed by atoms with van der Waals surface area (Å²) in [7, 11) is 0. The first-order chi connectivity index (χ1) is 12.6. The van der Waals surface area contributed by atoms with Crippen molar-refractivity contribution >= 4 is 17.5 Å². The number of fused-ring (bicyclic) bond motifs is 1. The quantitative estimate of drug-likeness (QED) is 0.925. The minimum Gasteiger partial charge on any atom is -0.480 e. The summed E-state index contributed by atoms with van der Waals surface area (Å²) in [5, 5.41) is 2.95. The summed E-state index contributed by atoms with van der Waals surface area (Å²) in [6, 6.07) is 13.2. The smallest absolute Gasteiger partial charge is 0.265 e. The molecule has 1 saturated heterocycles. The molecule has 2 aromatic rings. The van der Waals surface area contributed by atoms with Gasteiger partial charge in [0.2, 0.25) is 0 Å². The number of amides is 2. The van der Waals surface area contributed by atoms with Gasteiger partial charge in [-0.15, -0.1) is 0 Å². The van der Waals surface area contributed by atoms with Crippen LogP contribution in [0.2, 0.25) is 0 Å². The maximum absolute atomic E-state index is 12.8. The van der Waals surface area contributed by atoms with E-state index >= 15 is 0 Å². The number of nitrogens with zero attached hydrogens (tertiary/aromatic N) is 1. The number of carbonyl (C=O) groups excluding carboxylic acids is 2. The van der Waals surface area contributed by atoms with Crippen LogP contribution in [0.3, 0.4) is 0 Å². The molecule has 134 valence electrons. The van der Waals surface area contributed by atoms with Crippen molar-refractivity contribution in [2.24, 2.45) is 0 Å². The van der Waals surface area contributed by atoms with Crippen LogP contribution in [0, 0.1) is 6.92 Å². The van der Waals surface area contributed by atoms with Crippen LogP contribution in [-0.4, -0.2) is 35.9 Å². The van der Waals surface area contributed by atoms with E-state index in [9.17, 15) is 9.59 Å². The van der Waals surface area contributed by atoms with Gasteiger partial charge in [-0.25, -0.2) is 0 Å². The number of aryl methyl sites for hydroxylation is 1. The van der Waals surface area contributed by atoms with Gasteiger partial charge in [-0.3, -0.25) is 9.59 Å². The summed E-state index contributed by atoms with van der Waals surface area (Å²) >= 11 is 0. The zero-order valence-electron chi connectivity index (χ0n) is 14.8. The van der Waals surface area contributed by atoms with Crippen LogP contribution in [0.4, 0.5) is 5.69 Å². The van der Waals surface area contributed by atoms with Crippen LogP contribution in [0.1, 0.15) is 34.3 Å². The molecule has 2 heterocycles. The molecule has 0 saturated carbocycles. The van der Waals surface area contributed by atoms with Crippen LogP contribution >= 0.6 is 0 Å². The average molecular weight is 350 g/mol. The van der Waals surface area contributed by atoms with Crippen LogP contribution in [0.5, 0.6) is 5.75 Å². The first-order valence-electron chi connectivity index (χ1n) is 9.08. The lowest BCUT2D eigenvalue weighted by molar-refractivity contribution is -0.122. The fourth-order valence-electron chi connectivity index (χ4n) is 3.63. The van der Waals surface area contributed by atoms with Crippen molar-refractivity contribution in [2.75, 3.05) is 18.4 Å². The second-order valence-electron chi connectivity index (χ2n) is 6.90. The highest BCUT2D eigenvalue weighted by molar-refractivity contribution is 6.05. The molecule has 1 unspecified atom stereocenters. The molecule has 2 aliphatic rings. The Bertz CT molecular complexity index is 831. The second kappa shape index (κ2) is 6.83. The van der Waals surface area contributed by atoms with Gasteiger partial charge in [0.05, 0.1) is 11.3 Å². The zero-order chi connectivity index (χ0) is 18.1. The van der Waals surface area contributed by atoms with Crippen molar-refractivity contribution in [1.82, 2.24) is 4.90 Å². The Labute approximate surface area is 153 Å². The number of carbonyl (C=O) groups is 2. The highest BCUT2D eigenvalue weighted by Gasteiger charge is 2.30. The van der Waals surface area contributed by atoms with Crippen molar-refractivity contribution in [3.05, 3.63) is 59.2 Å². The fraction of sp³-hybridized carbons (Fsp3) is 0.333. The number of anilines is 1. The summed E-state index contributed by atoms with van der Waals surface area (Å²) in [6.45, 7) is 3.46. The molecular formula is C21H22N2O3. The minimum atomic E-state index is -0.568. The van der Waals surface area contributed by atoms with Crippen LogP contribution < -0.4 is 10.1 Å². The highest BCUT2D eigenvalue weighted by atomic mass is 16.5. The standard InChI is InChI=1S/C21H22N2O3/c1-14-7-6-9-16(21(25)23-11-4-5-12-23)19(14)22-20(24)18-13-15-8-2-3-10-17(15)26-18/h2-3,6-10,18H,4-5,11-13H2,1H3,(H,22,24). The summed E-state index contributed by atoms with van der Waals surface area (Å²) in [5.74, 6) is 0.522. The first kappa shape index (κ1) is 16.6. The van der Waals surface area contributed by atoms with E-state index < -0.39 is 6.10 Å². The third-order valence-corrected chi connectivity index (χ3v) is 5.08. The van der Waals surface area contributed by atoms with Crippen LogP contribution in [0.25, 0.3) is 0 Å². The van der Waals surface area contributed by atoms with Crippen molar-refractivity contribution in [3.8, 4) is 5.75 Å². The number of rotatable bonds is 3. The topological polar surface area (TPSA) is 58.6 Å². The number of para-hydroxylation sites is 2. The Morgan fingerprint density at radius 2 is 1.85 bits per heavy atom. The fourth-order valence-corrected chi connectivity index (χ4v) is 3.63. The molecule has 0 radical (unpaired) electrons. The molecule has 5 nitrogen and oxygen atoms in total. The molecule has 2 amide bonds. The van der Waals surface area contributed by atoms with Crippen molar-refractivity contribution in [2.45, 2.75) is 32.3 Å². The van der Waals surface area contributed by atoms with Crippen LogP contribution in [0.15, 0.2) is 42.5 Å². The number of likely N-dealkylation sites (tertiary alicyclic amines) is 1. The molecule has 2 aromatic carbocycles.